The zero-order valence-electron chi connectivity index (χ0n) is 12.3. The van der Waals surface area contributed by atoms with Crippen molar-refractivity contribution in [2.75, 3.05) is 20.3 Å². The first-order valence-corrected chi connectivity index (χ1v) is 7.79. The maximum Gasteiger partial charge on any atom is 0.0462 e. The van der Waals surface area contributed by atoms with E-state index in [-0.39, 0.29) is 0 Å². The van der Waals surface area contributed by atoms with Crippen LogP contribution in [0.25, 0.3) is 0 Å². The molecule has 0 bridgehead atoms. The molecule has 1 aliphatic carbocycles. The molecule has 106 valence electrons. The first-order valence-electron chi connectivity index (χ1n) is 7.79. The van der Waals surface area contributed by atoms with Crippen LogP contribution in [0.15, 0.2) is 11.6 Å². The summed E-state index contributed by atoms with van der Waals surface area (Å²) in [6.45, 7) is 4.26. The molecule has 0 amide bonds. The molecule has 0 heterocycles. The molecular weight excluding hydrogens is 222 g/mol. The van der Waals surface area contributed by atoms with Crippen molar-refractivity contribution in [1.29, 1.82) is 0 Å². The summed E-state index contributed by atoms with van der Waals surface area (Å²) in [6.07, 6.45) is 14.3. The third-order valence-electron chi connectivity index (χ3n) is 3.76. The van der Waals surface area contributed by atoms with E-state index < -0.39 is 0 Å². The third kappa shape index (κ3) is 6.55. The molecule has 1 atom stereocenters. The lowest BCUT2D eigenvalue weighted by molar-refractivity contribution is 0.190. The van der Waals surface area contributed by atoms with Gasteiger partial charge in [-0.15, -0.1) is 0 Å². The highest BCUT2D eigenvalue weighted by atomic mass is 16.5. The SMILES string of the molecule is CCCNC(CCCOC)C1=CCCCCCC1. The Balaban J connectivity index is 2.48. The average molecular weight is 253 g/mol. The number of hydrogen-bond donors (Lipinski definition) is 1. The number of allylic oxidation sites excluding steroid dienone is 1. The second kappa shape index (κ2) is 10.6. The molecule has 0 spiro atoms. The molecule has 1 unspecified atom stereocenters. The highest BCUT2D eigenvalue weighted by Crippen LogP contribution is 2.21. The Morgan fingerprint density at radius 1 is 1.28 bits per heavy atom. The molecule has 0 aromatic rings. The minimum Gasteiger partial charge on any atom is -0.385 e. The molecule has 0 fully saturated rings. The van der Waals surface area contributed by atoms with Crippen LogP contribution in [0.4, 0.5) is 0 Å². The quantitative estimate of drug-likeness (QED) is 0.520. The van der Waals surface area contributed by atoms with Gasteiger partial charge in [0, 0.05) is 19.8 Å². The van der Waals surface area contributed by atoms with Crippen LogP contribution < -0.4 is 5.32 Å². The average Bonchev–Trinajstić information content (AvgIpc) is 2.34. The van der Waals surface area contributed by atoms with Gasteiger partial charge in [0.25, 0.3) is 0 Å². The van der Waals surface area contributed by atoms with Gasteiger partial charge in [0.15, 0.2) is 0 Å². The fourth-order valence-corrected chi connectivity index (χ4v) is 2.70. The summed E-state index contributed by atoms with van der Waals surface area (Å²) in [7, 11) is 1.80. The summed E-state index contributed by atoms with van der Waals surface area (Å²) in [5, 5.41) is 3.72. The first kappa shape index (κ1) is 15.7. The topological polar surface area (TPSA) is 21.3 Å². The fourth-order valence-electron chi connectivity index (χ4n) is 2.70. The molecule has 0 aromatic carbocycles. The van der Waals surface area contributed by atoms with Crippen LogP contribution in [0.5, 0.6) is 0 Å². The van der Waals surface area contributed by atoms with Crippen LogP contribution in [0, 0.1) is 0 Å². The van der Waals surface area contributed by atoms with Crippen molar-refractivity contribution >= 4 is 0 Å². The Morgan fingerprint density at radius 3 is 2.89 bits per heavy atom. The van der Waals surface area contributed by atoms with Crippen LogP contribution >= 0.6 is 0 Å². The molecule has 2 heteroatoms. The molecule has 0 aliphatic heterocycles. The van der Waals surface area contributed by atoms with Gasteiger partial charge >= 0.3 is 0 Å². The maximum absolute atomic E-state index is 5.18. The smallest absolute Gasteiger partial charge is 0.0462 e. The van der Waals surface area contributed by atoms with E-state index in [0.29, 0.717) is 6.04 Å². The summed E-state index contributed by atoms with van der Waals surface area (Å²) in [6, 6.07) is 0.596. The van der Waals surface area contributed by atoms with E-state index in [2.05, 4.69) is 18.3 Å². The summed E-state index contributed by atoms with van der Waals surface area (Å²) in [4.78, 5) is 0. The Hall–Kier alpha value is -0.340. The van der Waals surface area contributed by atoms with Gasteiger partial charge in [0.1, 0.15) is 0 Å². The van der Waals surface area contributed by atoms with Gasteiger partial charge in [-0.2, -0.15) is 0 Å². The molecule has 0 saturated carbocycles. The molecule has 1 rings (SSSR count). The van der Waals surface area contributed by atoms with Crippen LogP contribution in [0.3, 0.4) is 0 Å². The fraction of sp³-hybridized carbons (Fsp3) is 0.875. The Bertz CT molecular complexity index is 225. The Labute approximate surface area is 113 Å². The summed E-state index contributed by atoms with van der Waals surface area (Å²) in [5.74, 6) is 0. The van der Waals surface area contributed by atoms with E-state index in [1.165, 1.54) is 51.4 Å². The third-order valence-corrected chi connectivity index (χ3v) is 3.76. The van der Waals surface area contributed by atoms with E-state index in [0.717, 1.165) is 19.6 Å². The van der Waals surface area contributed by atoms with Gasteiger partial charge in [-0.05, 0) is 51.5 Å². The lowest BCUT2D eigenvalue weighted by Crippen LogP contribution is -2.32. The molecule has 1 aliphatic rings. The van der Waals surface area contributed by atoms with E-state index in [1.54, 1.807) is 12.7 Å². The molecule has 0 radical (unpaired) electrons. The van der Waals surface area contributed by atoms with Gasteiger partial charge in [0.2, 0.25) is 0 Å². The second-order valence-corrected chi connectivity index (χ2v) is 5.37. The first-order chi connectivity index (χ1) is 8.88. The van der Waals surface area contributed by atoms with Crippen molar-refractivity contribution < 1.29 is 4.74 Å². The highest BCUT2D eigenvalue weighted by Gasteiger charge is 2.14. The minimum atomic E-state index is 0.596. The van der Waals surface area contributed by atoms with Crippen LogP contribution in [-0.4, -0.2) is 26.3 Å². The normalized spacial score (nSPS) is 18.9. The zero-order chi connectivity index (χ0) is 13.1. The van der Waals surface area contributed by atoms with Gasteiger partial charge < -0.3 is 10.1 Å². The standard InChI is InChI=1S/C16H31NO/c1-3-13-17-16(12-9-14-18-2)15-10-7-5-4-6-8-11-15/h10,16-17H,3-9,11-14H2,1-2H3. The Kier molecular flexibility index (Phi) is 9.23. The Morgan fingerprint density at radius 2 is 2.11 bits per heavy atom. The predicted molar refractivity (Wildman–Crippen MR) is 79.0 cm³/mol. The van der Waals surface area contributed by atoms with Gasteiger partial charge in [-0.25, -0.2) is 0 Å². The van der Waals surface area contributed by atoms with Crippen LogP contribution in [0.2, 0.25) is 0 Å². The van der Waals surface area contributed by atoms with Crippen molar-refractivity contribution in [3.05, 3.63) is 11.6 Å². The minimum absolute atomic E-state index is 0.596. The molecule has 2 nitrogen and oxygen atoms in total. The highest BCUT2D eigenvalue weighted by molar-refractivity contribution is 5.11. The molecule has 18 heavy (non-hydrogen) atoms. The molecular formula is C16H31NO. The molecule has 0 saturated heterocycles. The summed E-state index contributed by atoms with van der Waals surface area (Å²) < 4.78 is 5.18. The van der Waals surface area contributed by atoms with Crippen molar-refractivity contribution in [2.24, 2.45) is 0 Å². The van der Waals surface area contributed by atoms with Crippen molar-refractivity contribution in [1.82, 2.24) is 5.32 Å². The number of nitrogens with one attached hydrogen (secondary N) is 1. The van der Waals surface area contributed by atoms with Gasteiger partial charge in [-0.1, -0.05) is 31.4 Å². The number of rotatable bonds is 8. The van der Waals surface area contributed by atoms with Gasteiger partial charge in [-0.3, -0.25) is 0 Å². The van der Waals surface area contributed by atoms with Crippen LogP contribution in [-0.2, 0) is 4.74 Å². The lowest BCUT2D eigenvalue weighted by atomic mass is 9.92. The summed E-state index contributed by atoms with van der Waals surface area (Å²) >= 11 is 0. The van der Waals surface area contributed by atoms with E-state index in [9.17, 15) is 0 Å². The number of hydrogen-bond acceptors (Lipinski definition) is 2. The van der Waals surface area contributed by atoms with Gasteiger partial charge in [0.05, 0.1) is 0 Å². The maximum atomic E-state index is 5.18. The van der Waals surface area contributed by atoms with Crippen LogP contribution in [0.1, 0.15) is 64.7 Å². The zero-order valence-corrected chi connectivity index (χ0v) is 12.3. The van der Waals surface area contributed by atoms with Crippen molar-refractivity contribution in [3.63, 3.8) is 0 Å². The lowest BCUT2D eigenvalue weighted by Gasteiger charge is -2.23. The number of methoxy groups -OCH3 is 1. The van der Waals surface area contributed by atoms with Crippen molar-refractivity contribution in [2.45, 2.75) is 70.8 Å². The molecule has 1 N–H and O–H groups in total. The van der Waals surface area contributed by atoms with Crippen molar-refractivity contribution in [3.8, 4) is 0 Å². The summed E-state index contributed by atoms with van der Waals surface area (Å²) in [5.41, 5.74) is 1.67. The second-order valence-electron chi connectivity index (χ2n) is 5.37. The largest absolute Gasteiger partial charge is 0.385 e. The monoisotopic (exact) mass is 253 g/mol. The number of ether oxygens (including phenoxy) is 1. The van der Waals surface area contributed by atoms with E-state index >= 15 is 0 Å². The predicted octanol–water partition coefficient (Wildman–Crippen LogP) is 4.06. The van der Waals surface area contributed by atoms with E-state index in [4.69, 9.17) is 4.74 Å². The molecule has 0 aromatic heterocycles. The van der Waals surface area contributed by atoms with E-state index in [1.807, 2.05) is 0 Å².